The molecule has 1 N–H and O–H groups in total. The molecule has 1 aliphatic heterocycles. The van der Waals surface area contributed by atoms with E-state index in [2.05, 4.69) is 55.3 Å². The van der Waals surface area contributed by atoms with Gasteiger partial charge >= 0.3 is 0 Å². The summed E-state index contributed by atoms with van der Waals surface area (Å²) in [4.78, 5) is 14.6. The molecule has 3 heteroatoms. The lowest BCUT2D eigenvalue weighted by Crippen LogP contribution is -2.45. The third-order valence-electron chi connectivity index (χ3n) is 4.14. The van der Waals surface area contributed by atoms with E-state index in [0.717, 1.165) is 32.4 Å². The number of benzene rings is 1. The van der Waals surface area contributed by atoms with E-state index in [1.165, 1.54) is 11.1 Å². The van der Waals surface area contributed by atoms with Crippen LogP contribution in [-0.2, 0) is 11.3 Å². The summed E-state index contributed by atoms with van der Waals surface area (Å²) in [5, 5.41) is 3.12. The highest BCUT2D eigenvalue weighted by molar-refractivity contribution is 5.82. The molecular formula is C17H28N2O. The predicted molar refractivity (Wildman–Crippen MR) is 84.6 cm³/mol. The number of hydrogen-bond acceptors (Lipinski definition) is 2. The van der Waals surface area contributed by atoms with Gasteiger partial charge in [0.2, 0.25) is 5.91 Å². The van der Waals surface area contributed by atoms with Crippen LogP contribution in [0, 0.1) is 6.92 Å². The van der Waals surface area contributed by atoms with Crippen LogP contribution < -0.4 is 5.32 Å². The number of rotatable bonds is 5. The summed E-state index contributed by atoms with van der Waals surface area (Å²) in [6, 6.07) is 8.88. The normalized spacial score (nSPS) is 20.9. The van der Waals surface area contributed by atoms with Gasteiger partial charge in [0.05, 0.1) is 6.04 Å². The fraction of sp³-hybridized carbons (Fsp3) is 0.588. The van der Waals surface area contributed by atoms with Gasteiger partial charge in [-0.15, -0.1) is 0 Å². The first-order chi connectivity index (χ1) is 9.60. The van der Waals surface area contributed by atoms with Gasteiger partial charge in [-0.3, -0.25) is 9.69 Å². The maximum absolute atomic E-state index is 12.3. The molecule has 1 aliphatic rings. The molecule has 1 aromatic carbocycles. The van der Waals surface area contributed by atoms with Crippen LogP contribution in [0.3, 0.4) is 0 Å². The molecule has 1 aromatic rings. The van der Waals surface area contributed by atoms with E-state index in [9.17, 15) is 4.79 Å². The molecule has 3 nitrogen and oxygen atoms in total. The van der Waals surface area contributed by atoms with Gasteiger partial charge in [-0.2, -0.15) is 0 Å². The summed E-state index contributed by atoms with van der Waals surface area (Å²) in [7, 11) is 0. The molecule has 0 aliphatic carbocycles. The molecule has 20 heavy (non-hydrogen) atoms. The molecule has 0 bridgehead atoms. The van der Waals surface area contributed by atoms with Crippen molar-refractivity contribution in [3.63, 3.8) is 0 Å². The van der Waals surface area contributed by atoms with E-state index in [0.29, 0.717) is 0 Å². The maximum Gasteiger partial charge on any atom is 0.237 e. The number of aryl methyl sites for hydroxylation is 1. The Labute approximate surface area is 123 Å². The number of carbonyl (C=O) groups excluding carboxylic acids is 1. The molecule has 1 heterocycles. The quantitative estimate of drug-likeness (QED) is 0.896. The zero-order valence-electron chi connectivity index (χ0n) is 12.9. The Kier molecular flexibility index (Phi) is 5.18. The zero-order valence-corrected chi connectivity index (χ0v) is 12.9. The molecule has 0 radical (unpaired) electrons. The molecule has 2 atom stereocenters. The van der Waals surface area contributed by atoms with Crippen LogP contribution in [0.25, 0.3) is 0 Å². The fourth-order valence-corrected chi connectivity index (χ4v) is 2.80. The Hall–Kier alpha value is -1.35. The van der Waals surface area contributed by atoms with Crippen molar-refractivity contribution in [1.82, 2.24) is 10.2 Å². The number of hydrogen-bond donors (Lipinski definition) is 1. The highest BCUT2D eigenvalue weighted by atomic mass is 16.2. The van der Waals surface area contributed by atoms with Crippen LogP contribution in [0.15, 0.2) is 24.3 Å². The van der Waals surface area contributed by atoms with Crippen molar-refractivity contribution in [2.45, 2.75) is 58.7 Å². The van der Waals surface area contributed by atoms with Crippen molar-refractivity contribution in [2.75, 3.05) is 6.54 Å². The highest BCUT2D eigenvalue weighted by Crippen LogP contribution is 2.20. The molecule has 2 rings (SSSR count). The Balaban J connectivity index is 0.00000220. The van der Waals surface area contributed by atoms with Gasteiger partial charge in [0.1, 0.15) is 0 Å². The maximum atomic E-state index is 12.3. The predicted octanol–water partition coefficient (Wildman–Crippen LogP) is 3.12. The second-order valence-electron chi connectivity index (χ2n) is 5.94. The second kappa shape index (κ2) is 6.89. The van der Waals surface area contributed by atoms with Crippen molar-refractivity contribution in [3.8, 4) is 0 Å². The average molecular weight is 276 g/mol. The van der Waals surface area contributed by atoms with Crippen molar-refractivity contribution in [3.05, 3.63) is 35.4 Å². The first-order valence-corrected chi connectivity index (χ1v) is 7.70. The number of carbonyl (C=O) groups is 1. The van der Waals surface area contributed by atoms with Gasteiger partial charge in [-0.1, -0.05) is 36.8 Å². The molecule has 112 valence electrons. The molecule has 1 fully saturated rings. The number of likely N-dealkylation sites (tertiary alicyclic amines) is 1. The summed E-state index contributed by atoms with van der Waals surface area (Å²) in [6.07, 6.45) is 3.08. The summed E-state index contributed by atoms with van der Waals surface area (Å²) < 4.78 is 0. The molecular weight excluding hydrogens is 248 g/mol. The van der Waals surface area contributed by atoms with Crippen LogP contribution in [0.4, 0.5) is 0 Å². The number of nitrogens with one attached hydrogen (secondary N) is 1. The van der Waals surface area contributed by atoms with E-state index < -0.39 is 0 Å². The zero-order chi connectivity index (χ0) is 14.5. The minimum atomic E-state index is 0. The standard InChI is InChI=1S/C17H26N2O.H2/c1-4-14(3)18-17(20)16-9-6-10-19(16)12-15-8-5-7-13(2)11-15;/h5,7-8,11,14,16H,4,6,9-10,12H2,1-3H3,(H,18,20);1H/t14-,16+;/m0./s1. The lowest BCUT2D eigenvalue weighted by molar-refractivity contribution is -0.126. The number of amides is 1. The van der Waals surface area contributed by atoms with Crippen LogP contribution in [0.2, 0.25) is 0 Å². The lowest BCUT2D eigenvalue weighted by atomic mass is 10.1. The van der Waals surface area contributed by atoms with Gasteiger partial charge in [-0.25, -0.2) is 0 Å². The molecule has 0 spiro atoms. The summed E-state index contributed by atoms with van der Waals surface area (Å²) in [5.41, 5.74) is 2.58. The smallest absolute Gasteiger partial charge is 0.237 e. The average Bonchev–Trinajstić information content (AvgIpc) is 2.86. The van der Waals surface area contributed by atoms with Crippen LogP contribution >= 0.6 is 0 Å². The van der Waals surface area contributed by atoms with Gasteiger partial charge in [-0.05, 0) is 45.2 Å². The van der Waals surface area contributed by atoms with Crippen LogP contribution in [-0.4, -0.2) is 29.4 Å². The Morgan fingerprint density at radius 2 is 2.35 bits per heavy atom. The van der Waals surface area contributed by atoms with Crippen molar-refractivity contribution in [2.24, 2.45) is 0 Å². The monoisotopic (exact) mass is 276 g/mol. The second-order valence-corrected chi connectivity index (χ2v) is 5.94. The first kappa shape index (κ1) is 15.0. The minimum absolute atomic E-state index is 0. The van der Waals surface area contributed by atoms with Crippen LogP contribution in [0.1, 0.15) is 45.7 Å². The van der Waals surface area contributed by atoms with Gasteiger partial charge < -0.3 is 5.32 Å². The summed E-state index contributed by atoms with van der Waals surface area (Å²) in [5.74, 6) is 0.199. The van der Waals surface area contributed by atoms with Crippen LogP contribution in [0.5, 0.6) is 0 Å². The van der Waals surface area contributed by atoms with E-state index in [1.54, 1.807) is 0 Å². The largest absolute Gasteiger partial charge is 0.352 e. The Bertz CT molecular complexity index is 464. The molecule has 1 saturated heterocycles. The van der Waals surface area contributed by atoms with Gasteiger partial charge in [0.15, 0.2) is 0 Å². The van der Waals surface area contributed by atoms with E-state index >= 15 is 0 Å². The lowest BCUT2D eigenvalue weighted by Gasteiger charge is -2.25. The molecule has 1 amide bonds. The third kappa shape index (κ3) is 3.83. The molecule has 0 aromatic heterocycles. The van der Waals surface area contributed by atoms with Crippen molar-refractivity contribution < 1.29 is 6.22 Å². The minimum Gasteiger partial charge on any atom is -0.352 e. The first-order valence-electron chi connectivity index (χ1n) is 7.70. The summed E-state index contributed by atoms with van der Waals surface area (Å²) in [6.45, 7) is 8.18. The molecule has 0 unspecified atom stereocenters. The fourth-order valence-electron chi connectivity index (χ4n) is 2.80. The Morgan fingerprint density at radius 1 is 1.55 bits per heavy atom. The number of nitrogens with zero attached hydrogens (tertiary/aromatic N) is 1. The van der Waals surface area contributed by atoms with Crippen molar-refractivity contribution in [1.29, 1.82) is 0 Å². The third-order valence-corrected chi connectivity index (χ3v) is 4.14. The van der Waals surface area contributed by atoms with E-state index in [4.69, 9.17) is 0 Å². The summed E-state index contributed by atoms with van der Waals surface area (Å²) >= 11 is 0. The molecule has 0 saturated carbocycles. The topological polar surface area (TPSA) is 32.3 Å². The van der Waals surface area contributed by atoms with Gasteiger partial charge in [0, 0.05) is 14.0 Å². The van der Waals surface area contributed by atoms with Crippen molar-refractivity contribution >= 4 is 5.91 Å². The van der Waals surface area contributed by atoms with E-state index in [-0.39, 0.29) is 19.4 Å². The highest BCUT2D eigenvalue weighted by Gasteiger charge is 2.30. The van der Waals surface area contributed by atoms with E-state index in [1.807, 2.05) is 0 Å². The Morgan fingerprint density at radius 3 is 3.05 bits per heavy atom. The van der Waals surface area contributed by atoms with Gasteiger partial charge in [0.25, 0.3) is 0 Å². The SMILES string of the molecule is CC[C@H](C)NC(=O)[C@H]1CCCN1Cc1cccc(C)c1.[HH].